The van der Waals surface area contributed by atoms with Crippen LogP contribution >= 0.6 is 12.4 Å². The van der Waals surface area contributed by atoms with Crippen LogP contribution in [0.4, 0.5) is 18.9 Å². The molecule has 1 amide bonds. The fourth-order valence-corrected chi connectivity index (χ4v) is 4.37. The number of anilines is 1. The average molecular weight is 391 g/mol. The van der Waals surface area contributed by atoms with E-state index in [4.69, 9.17) is 5.73 Å². The highest BCUT2D eigenvalue weighted by molar-refractivity contribution is 5.93. The van der Waals surface area contributed by atoms with Gasteiger partial charge in [0.15, 0.2) is 0 Å². The van der Waals surface area contributed by atoms with Gasteiger partial charge in [0.2, 0.25) is 5.91 Å². The maximum Gasteiger partial charge on any atom is 0.389 e. The summed E-state index contributed by atoms with van der Waals surface area (Å²) in [4.78, 5) is 12.7. The molecule has 0 aromatic heterocycles. The number of fused-ring (bicyclic) bond motifs is 2. The van der Waals surface area contributed by atoms with E-state index in [2.05, 4.69) is 5.32 Å². The molecule has 3 N–H and O–H groups in total. The fourth-order valence-electron chi connectivity index (χ4n) is 4.37. The fraction of sp³-hybridized carbons (Fsp3) is 0.632. The van der Waals surface area contributed by atoms with Gasteiger partial charge in [0.1, 0.15) is 0 Å². The molecular weight excluding hydrogens is 365 g/mol. The molecule has 146 valence electrons. The molecule has 2 saturated carbocycles. The van der Waals surface area contributed by atoms with Crippen LogP contribution in [-0.4, -0.2) is 18.1 Å². The first-order valence-corrected chi connectivity index (χ1v) is 9.04. The molecule has 0 radical (unpaired) electrons. The predicted octanol–water partition coefficient (Wildman–Crippen LogP) is 4.70. The average Bonchev–Trinajstić information content (AvgIpc) is 2.53. The van der Waals surface area contributed by atoms with Crippen molar-refractivity contribution in [2.75, 3.05) is 5.32 Å². The number of carbonyl (C=O) groups is 1. The first-order chi connectivity index (χ1) is 11.8. The van der Waals surface area contributed by atoms with Crippen LogP contribution in [0.25, 0.3) is 0 Å². The van der Waals surface area contributed by atoms with E-state index >= 15 is 0 Å². The van der Waals surface area contributed by atoms with E-state index in [0.717, 1.165) is 25.7 Å². The molecule has 26 heavy (non-hydrogen) atoms. The maximum absolute atomic E-state index is 12.7. The highest BCUT2D eigenvalue weighted by atomic mass is 35.5. The third-order valence-corrected chi connectivity index (χ3v) is 5.74. The van der Waals surface area contributed by atoms with E-state index in [9.17, 15) is 18.0 Å². The van der Waals surface area contributed by atoms with Crippen molar-refractivity contribution in [3.63, 3.8) is 0 Å². The van der Waals surface area contributed by atoms with Gasteiger partial charge >= 0.3 is 6.18 Å². The quantitative estimate of drug-likeness (QED) is 0.783. The van der Waals surface area contributed by atoms with E-state index in [-0.39, 0.29) is 36.7 Å². The van der Waals surface area contributed by atoms with Crippen molar-refractivity contribution >= 4 is 24.0 Å². The van der Waals surface area contributed by atoms with Crippen molar-refractivity contribution in [3.05, 3.63) is 29.8 Å². The van der Waals surface area contributed by atoms with Crippen LogP contribution in [0, 0.1) is 17.8 Å². The monoisotopic (exact) mass is 390 g/mol. The number of para-hydroxylation sites is 1. The third kappa shape index (κ3) is 5.13. The Bertz CT molecular complexity index is 609. The number of hydrogen-bond acceptors (Lipinski definition) is 2. The first kappa shape index (κ1) is 21.0. The molecule has 2 fully saturated rings. The SMILES string of the molecule is Cl.NC1C2CCCC1CC(C(=O)Nc1ccccc1CCC(F)(F)F)C2. The summed E-state index contributed by atoms with van der Waals surface area (Å²) in [7, 11) is 0. The smallest absolute Gasteiger partial charge is 0.327 e. The molecule has 2 aliphatic carbocycles. The molecule has 0 spiro atoms. The van der Waals surface area contributed by atoms with Gasteiger partial charge in [-0.3, -0.25) is 4.79 Å². The van der Waals surface area contributed by atoms with Gasteiger partial charge in [-0.15, -0.1) is 12.4 Å². The Morgan fingerprint density at radius 1 is 1.15 bits per heavy atom. The number of halogens is 4. The van der Waals surface area contributed by atoms with Crippen molar-refractivity contribution in [3.8, 4) is 0 Å². The highest BCUT2D eigenvalue weighted by Crippen LogP contribution is 2.42. The van der Waals surface area contributed by atoms with Crippen molar-refractivity contribution in [1.29, 1.82) is 0 Å². The van der Waals surface area contributed by atoms with Crippen LogP contribution in [0.3, 0.4) is 0 Å². The Morgan fingerprint density at radius 2 is 1.77 bits per heavy atom. The van der Waals surface area contributed by atoms with Crippen LogP contribution in [-0.2, 0) is 11.2 Å². The molecular formula is C19H26ClF3N2O. The minimum absolute atomic E-state index is 0. The lowest BCUT2D eigenvalue weighted by atomic mass is 9.65. The van der Waals surface area contributed by atoms with Gasteiger partial charge < -0.3 is 11.1 Å². The molecule has 2 atom stereocenters. The highest BCUT2D eigenvalue weighted by Gasteiger charge is 2.40. The molecule has 0 heterocycles. The van der Waals surface area contributed by atoms with Crippen LogP contribution in [0.1, 0.15) is 44.1 Å². The number of nitrogens with one attached hydrogen (secondary N) is 1. The lowest BCUT2D eigenvalue weighted by Crippen LogP contribution is -2.48. The standard InChI is InChI=1S/C19H25F3N2O.ClH/c20-19(21,22)9-8-12-4-1-2-7-16(12)24-18(25)15-10-13-5-3-6-14(11-15)17(13)23;/h1-2,4,7,13-15,17H,3,5-6,8-11,23H2,(H,24,25);1H. The Morgan fingerprint density at radius 3 is 2.38 bits per heavy atom. The van der Waals surface area contributed by atoms with Crippen LogP contribution in [0.2, 0.25) is 0 Å². The molecule has 3 rings (SSSR count). The van der Waals surface area contributed by atoms with Crippen molar-refractivity contribution in [2.45, 2.75) is 57.2 Å². The molecule has 3 nitrogen and oxygen atoms in total. The summed E-state index contributed by atoms with van der Waals surface area (Å²) in [6.07, 6.45) is -0.315. The third-order valence-electron chi connectivity index (χ3n) is 5.74. The molecule has 0 saturated heterocycles. The van der Waals surface area contributed by atoms with E-state index in [1.165, 1.54) is 6.42 Å². The number of amides is 1. The van der Waals surface area contributed by atoms with Crippen molar-refractivity contribution in [1.82, 2.24) is 0 Å². The van der Waals surface area contributed by atoms with Crippen LogP contribution < -0.4 is 11.1 Å². The number of rotatable bonds is 4. The second-order valence-corrected chi connectivity index (χ2v) is 7.46. The lowest BCUT2D eigenvalue weighted by molar-refractivity contribution is -0.133. The van der Waals surface area contributed by atoms with Crippen LogP contribution in [0.15, 0.2) is 24.3 Å². The normalized spacial score (nSPS) is 28.2. The Kier molecular flexibility index (Phi) is 6.97. The summed E-state index contributed by atoms with van der Waals surface area (Å²) in [6.45, 7) is 0. The lowest BCUT2D eigenvalue weighted by Gasteiger charge is -2.43. The van der Waals surface area contributed by atoms with E-state index in [1.807, 2.05) is 0 Å². The zero-order valence-electron chi connectivity index (χ0n) is 14.6. The minimum Gasteiger partial charge on any atom is -0.327 e. The molecule has 0 aliphatic heterocycles. The number of carbonyl (C=O) groups excluding carboxylic acids is 1. The Labute approximate surface area is 158 Å². The van der Waals surface area contributed by atoms with Crippen molar-refractivity contribution < 1.29 is 18.0 Å². The van der Waals surface area contributed by atoms with Gasteiger partial charge in [0, 0.05) is 24.1 Å². The van der Waals surface area contributed by atoms with E-state index < -0.39 is 12.6 Å². The summed E-state index contributed by atoms with van der Waals surface area (Å²) in [5.41, 5.74) is 7.29. The van der Waals surface area contributed by atoms with Gasteiger partial charge in [0.05, 0.1) is 0 Å². The Balaban J connectivity index is 0.00000243. The number of alkyl halides is 3. The summed E-state index contributed by atoms with van der Waals surface area (Å²) in [5.74, 6) is 0.612. The largest absolute Gasteiger partial charge is 0.389 e. The van der Waals surface area contributed by atoms with Gasteiger partial charge in [0.25, 0.3) is 0 Å². The minimum atomic E-state index is -4.20. The zero-order chi connectivity index (χ0) is 18.0. The zero-order valence-corrected chi connectivity index (χ0v) is 15.4. The molecule has 2 unspecified atom stereocenters. The number of benzene rings is 1. The summed E-state index contributed by atoms with van der Waals surface area (Å²) >= 11 is 0. The summed E-state index contributed by atoms with van der Waals surface area (Å²) in [6, 6.07) is 6.95. The second-order valence-electron chi connectivity index (χ2n) is 7.46. The molecule has 7 heteroatoms. The molecule has 2 aliphatic rings. The van der Waals surface area contributed by atoms with Gasteiger partial charge in [-0.05, 0) is 55.6 Å². The van der Waals surface area contributed by atoms with E-state index in [0.29, 0.717) is 23.1 Å². The van der Waals surface area contributed by atoms with Gasteiger partial charge in [-0.25, -0.2) is 0 Å². The van der Waals surface area contributed by atoms with E-state index in [1.54, 1.807) is 24.3 Å². The number of aryl methyl sites for hydroxylation is 1. The van der Waals surface area contributed by atoms with Gasteiger partial charge in [-0.1, -0.05) is 24.6 Å². The maximum atomic E-state index is 12.7. The topological polar surface area (TPSA) is 55.1 Å². The first-order valence-electron chi connectivity index (χ1n) is 9.04. The van der Waals surface area contributed by atoms with Crippen LogP contribution in [0.5, 0.6) is 0 Å². The summed E-state index contributed by atoms with van der Waals surface area (Å²) < 4.78 is 37.5. The molecule has 1 aromatic rings. The van der Waals surface area contributed by atoms with Crippen molar-refractivity contribution in [2.24, 2.45) is 23.5 Å². The molecule has 2 bridgehead atoms. The second kappa shape index (κ2) is 8.61. The van der Waals surface area contributed by atoms with Gasteiger partial charge in [-0.2, -0.15) is 13.2 Å². The predicted molar refractivity (Wildman–Crippen MR) is 98.2 cm³/mol. The summed E-state index contributed by atoms with van der Waals surface area (Å²) in [5, 5.41) is 2.87. The number of hydrogen-bond donors (Lipinski definition) is 2. The Hall–Kier alpha value is -1.27. The number of nitrogens with two attached hydrogens (primary N) is 1. The molecule has 1 aromatic carbocycles.